The van der Waals surface area contributed by atoms with Crippen molar-refractivity contribution in [3.63, 3.8) is 0 Å². The van der Waals surface area contributed by atoms with Gasteiger partial charge in [0.1, 0.15) is 30.2 Å². The lowest BCUT2D eigenvalue weighted by molar-refractivity contribution is -0.137. The van der Waals surface area contributed by atoms with E-state index in [2.05, 4.69) is 32.6 Å². The summed E-state index contributed by atoms with van der Waals surface area (Å²) in [6, 6.07) is 0. The van der Waals surface area contributed by atoms with Gasteiger partial charge in [-0.2, -0.15) is 8.62 Å². The normalized spacial score (nSPS) is 27.4. The molecule has 2 aromatic rings. The molecule has 8 N–H and O–H groups in total. The number of anilines is 1. The number of fused-ring (bicyclic) bond motifs is 1. The Morgan fingerprint density at radius 2 is 1.67 bits per heavy atom. The quantitative estimate of drug-likeness (QED) is 0.146. The lowest BCUT2D eigenvalue weighted by Crippen LogP contribution is -2.33. The molecule has 23 heteroatoms. The third kappa shape index (κ3) is 7.11. The first-order chi connectivity index (χ1) is 16.6. The number of carboxylic acids is 1. The fourth-order valence-electron chi connectivity index (χ4n) is 2.89. The van der Waals surface area contributed by atoms with Gasteiger partial charge in [-0.3, -0.25) is 18.4 Å². The number of phosphoric acid groups is 3. The van der Waals surface area contributed by atoms with Crippen LogP contribution < -0.4 is 5.73 Å². The van der Waals surface area contributed by atoms with Crippen molar-refractivity contribution in [2.24, 2.45) is 0 Å². The van der Waals surface area contributed by atoms with Crippen LogP contribution in [0.3, 0.4) is 0 Å². The minimum absolute atomic E-state index is 0.0281. The maximum Gasteiger partial charge on any atom is 0.490 e. The summed E-state index contributed by atoms with van der Waals surface area (Å²) in [6.07, 6.45) is -4.60. The van der Waals surface area contributed by atoms with Crippen LogP contribution in [-0.2, 0) is 40.9 Å². The Morgan fingerprint density at radius 3 is 2.31 bits per heavy atom. The number of phosphoric ester groups is 2. The zero-order valence-electron chi connectivity index (χ0n) is 17.7. The van der Waals surface area contributed by atoms with Gasteiger partial charge in [0.05, 0.1) is 26.0 Å². The Labute approximate surface area is 200 Å². The third-order valence-corrected chi connectivity index (χ3v) is 8.67. The average molecular weight is 579 g/mol. The molecule has 7 atom stereocenters. The summed E-state index contributed by atoms with van der Waals surface area (Å²) >= 11 is 0. The van der Waals surface area contributed by atoms with Crippen molar-refractivity contribution in [1.29, 1.82) is 0 Å². The molecular weight excluding hydrogens is 559 g/mol. The molecule has 0 aliphatic carbocycles. The molecule has 1 fully saturated rings. The first kappa shape index (κ1) is 28.7. The van der Waals surface area contributed by atoms with Crippen molar-refractivity contribution < 1.29 is 70.9 Å². The second-order valence-electron chi connectivity index (χ2n) is 6.97. The second kappa shape index (κ2) is 10.8. The Morgan fingerprint density at radius 1 is 1.03 bits per heavy atom. The monoisotopic (exact) mass is 579 g/mol. The number of aliphatic hydroxyl groups excluding tert-OH is 2. The van der Waals surface area contributed by atoms with Crippen LogP contribution in [0.25, 0.3) is 11.2 Å². The van der Waals surface area contributed by atoms with Gasteiger partial charge in [-0.15, -0.1) is 0 Å². The molecule has 1 saturated heterocycles. The molecule has 0 saturated carbocycles. The lowest BCUT2D eigenvalue weighted by Gasteiger charge is -2.20. The molecule has 0 amide bonds. The molecule has 0 bridgehead atoms. The predicted molar refractivity (Wildman–Crippen MR) is 111 cm³/mol. The van der Waals surface area contributed by atoms with E-state index in [1.165, 1.54) is 10.9 Å². The highest BCUT2D eigenvalue weighted by atomic mass is 31.3. The number of nitrogens with zero attached hydrogens (tertiary/aromatic N) is 4. The predicted octanol–water partition coefficient (Wildman–Crippen LogP) is -1.13. The van der Waals surface area contributed by atoms with E-state index in [0.717, 1.165) is 6.33 Å². The van der Waals surface area contributed by atoms with Crippen LogP contribution in [0.15, 0.2) is 12.7 Å². The summed E-state index contributed by atoms with van der Waals surface area (Å²) in [5.74, 6) is -1.39. The van der Waals surface area contributed by atoms with Crippen molar-refractivity contribution >= 4 is 46.4 Å². The SMILES string of the molecule is Nc1ncnc2c1ncn2[C@@H]1O[C@H](COP(=O)(O)OP(=O)(O)OP(=O)(O)OCCC(=O)O)[C@@H](O)[C@H]1O. The molecule has 1 aliphatic rings. The number of aliphatic carboxylic acids is 1. The summed E-state index contributed by atoms with van der Waals surface area (Å²) in [5, 5.41) is 29.0. The molecule has 3 rings (SSSR count). The van der Waals surface area contributed by atoms with Crippen LogP contribution in [-0.4, -0.2) is 87.0 Å². The number of nitrogens with two attached hydrogens (primary N) is 1. The minimum atomic E-state index is -5.79. The van der Waals surface area contributed by atoms with Gasteiger partial charge in [0.2, 0.25) is 0 Å². The van der Waals surface area contributed by atoms with Gasteiger partial charge in [-0.25, -0.2) is 28.6 Å². The van der Waals surface area contributed by atoms with E-state index in [0.29, 0.717) is 0 Å². The fraction of sp³-hybridized carbons (Fsp3) is 0.538. The fourth-order valence-corrected chi connectivity index (χ4v) is 6.40. The number of hydrogen-bond acceptors (Lipinski definition) is 15. The van der Waals surface area contributed by atoms with E-state index in [1.807, 2.05) is 0 Å². The number of rotatable bonds is 12. The molecular formula is C13H20N5O15P3. The number of carbonyl (C=O) groups is 1. The molecule has 20 nitrogen and oxygen atoms in total. The molecule has 3 unspecified atom stereocenters. The number of nitrogen functional groups attached to an aromatic ring is 1. The molecule has 1 aliphatic heterocycles. The molecule has 36 heavy (non-hydrogen) atoms. The molecule has 0 aromatic carbocycles. The largest absolute Gasteiger partial charge is 0.490 e. The van der Waals surface area contributed by atoms with Crippen LogP contribution in [0.5, 0.6) is 0 Å². The molecule has 202 valence electrons. The van der Waals surface area contributed by atoms with Gasteiger partial charge < -0.3 is 40.5 Å². The van der Waals surface area contributed by atoms with Crippen molar-refractivity contribution in [1.82, 2.24) is 19.5 Å². The van der Waals surface area contributed by atoms with Crippen LogP contribution in [0.4, 0.5) is 5.82 Å². The average Bonchev–Trinajstić information content (AvgIpc) is 3.27. The summed E-state index contributed by atoms with van der Waals surface area (Å²) in [5.41, 5.74) is 5.99. The highest BCUT2D eigenvalue weighted by Gasteiger charge is 2.47. The summed E-state index contributed by atoms with van der Waals surface area (Å²) in [7, 11) is -16.7. The van der Waals surface area contributed by atoms with Crippen molar-refractivity contribution in [3.8, 4) is 0 Å². The molecule has 0 spiro atoms. The summed E-state index contributed by atoms with van der Waals surface area (Å²) in [4.78, 5) is 50.6. The number of carboxylic acid groups (broad SMARTS) is 1. The Balaban J connectivity index is 1.61. The summed E-state index contributed by atoms with van der Waals surface area (Å²) < 4.78 is 58.4. The first-order valence-electron chi connectivity index (χ1n) is 9.47. The van der Waals surface area contributed by atoms with Gasteiger partial charge in [-0.05, 0) is 0 Å². The van der Waals surface area contributed by atoms with Crippen molar-refractivity contribution in [3.05, 3.63) is 12.7 Å². The standard InChI is InChI=1S/C13H20N5O15P3/c14-11-8-12(16-4-15-11)18(5-17-8)13-10(22)9(21)6(31-13)3-30-35(25,26)33-36(27,28)32-34(23,24)29-2-1-7(19)20/h4-6,9-10,13,21-22H,1-3H2,(H,19,20)(H,23,24)(H,25,26)(H,27,28)(H2,14,15,16)/t6-,9-,10-,13-/m1/s1. The highest BCUT2D eigenvalue weighted by Crippen LogP contribution is 2.67. The number of ether oxygens (including phenoxy) is 1. The smallest absolute Gasteiger partial charge is 0.481 e. The zero-order valence-corrected chi connectivity index (χ0v) is 20.3. The minimum Gasteiger partial charge on any atom is -0.481 e. The van der Waals surface area contributed by atoms with Crippen LogP contribution in [0.1, 0.15) is 12.6 Å². The van der Waals surface area contributed by atoms with E-state index in [-0.39, 0.29) is 17.0 Å². The Bertz CT molecular complexity index is 1260. The van der Waals surface area contributed by atoms with Crippen LogP contribution in [0, 0.1) is 0 Å². The van der Waals surface area contributed by atoms with Crippen molar-refractivity contribution in [2.75, 3.05) is 18.9 Å². The van der Waals surface area contributed by atoms with E-state index in [9.17, 15) is 43.4 Å². The number of hydrogen-bond donors (Lipinski definition) is 7. The zero-order chi connectivity index (χ0) is 26.9. The van der Waals surface area contributed by atoms with Crippen LogP contribution >= 0.6 is 23.5 Å². The first-order valence-corrected chi connectivity index (χ1v) is 14.0. The maximum absolute atomic E-state index is 12.0. The van der Waals surface area contributed by atoms with E-state index in [1.54, 1.807) is 0 Å². The molecule has 3 heterocycles. The topological polar surface area (TPSA) is 305 Å². The number of aliphatic hydroxyl groups is 2. The van der Waals surface area contributed by atoms with Gasteiger partial charge in [0.15, 0.2) is 17.7 Å². The van der Waals surface area contributed by atoms with Crippen LogP contribution in [0.2, 0.25) is 0 Å². The number of imidazole rings is 1. The van der Waals surface area contributed by atoms with E-state index < -0.39 is 73.6 Å². The van der Waals surface area contributed by atoms with E-state index >= 15 is 0 Å². The van der Waals surface area contributed by atoms with Crippen molar-refractivity contribution in [2.45, 2.75) is 31.0 Å². The van der Waals surface area contributed by atoms with Gasteiger partial charge in [-0.1, -0.05) is 0 Å². The highest BCUT2D eigenvalue weighted by molar-refractivity contribution is 7.66. The molecule has 2 aromatic heterocycles. The van der Waals surface area contributed by atoms with Gasteiger partial charge in [0.25, 0.3) is 0 Å². The second-order valence-corrected chi connectivity index (χ2v) is 11.6. The van der Waals surface area contributed by atoms with Gasteiger partial charge >= 0.3 is 29.4 Å². The lowest BCUT2D eigenvalue weighted by atomic mass is 10.1. The Kier molecular flexibility index (Phi) is 8.64. The third-order valence-electron chi connectivity index (χ3n) is 4.38. The van der Waals surface area contributed by atoms with E-state index in [4.69, 9.17) is 15.6 Å². The number of aromatic nitrogens is 4. The van der Waals surface area contributed by atoms with Gasteiger partial charge in [0, 0.05) is 0 Å². The maximum atomic E-state index is 12.0. The summed E-state index contributed by atoms with van der Waals surface area (Å²) in [6.45, 7) is -1.89. The Hall–Kier alpha value is -1.89. The molecule has 0 radical (unpaired) electrons.